The van der Waals surface area contributed by atoms with Crippen LogP contribution in [-0.2, 0) is 16.0 Å². The van der Waals surface area contributed by atoms with Gasteiger partial charge in [0.05, 0.1) is 23.7 Å². The smallest absolute Gasteiger partial charge is 0.490 e. The number of ether oxygens (including phenoxy) is 1. The number of amides is 1. The number of carboxylic acids is 2. The molecule has 0 fully saturated rings. The molecule has 3 aromatic heterocycles. The van der Waals surface area contributed by atoms with Gasteiger partial charge in [0.25, 0.3) is 5.91 Å². The second-order valence-corrected chi connectivity index (χ2v) is 10.3. The number of nitrogens with two attached hydrogens (primary N) is 1. The molecule has 47 heavy (non-hydrogen) atoms. The molecule has 1 aliphatic rings. The van der Waals surface area contributed by atoms with Crippen molar-refractivity contribution in [2.45, 2.75) is 38.5 Å². The quantitative estimate of drug-likeness (QED) is 0.188. The Balaban J connectivity index is 0.000000360. The molecule has 1 unspecified atom stereocenters. The molecule has 0 spiro atoms. The van der Waals surface area contributed by atoms with Gasteiger partial charge in [-0.05, 0) is 48.2 Å². The molecule has 1 atom stereocenters. The molecule has 19 heteroatoms. The van der Waals surface area contributed by atoms with Crippen LogP contribution in [0.2, 0.25) is 0 Å². The van der Waals surface area contributed by atoms with E-state index in [2.05, 4.69) is 44.1 Å². The van der Waals surface area contributed by atoms with Crippen molar-refractivity contribution in [1.82, 2.24) is 30.2 Å². The van der Waals surface area contributed by atoms with E-state index in [1.807, 2.05) is 18.2 Å². The zero-order chi connectivity index (χ0) is 35.1. The summed E-state index contributed by atoms with van der Waals surface area (Å²) in [5, 5.41) is 17.2. The molecule has 1 aromatic carbocycles. The van der Waals surface area contributed by atoms with E-state index in [-0.39, 0.29) is 17.8 Å². The highest BCUT2D eigenvalue weighted by Crippen LogP contribution is 2.33. The topological polar surface area (TPSA) is 206 Å². The second kappa shape index (κ2) is 14.7. The Bertz CT molecular complexity index is 1720. The van der Waals surface area contributed by atoms with Gasteiger partial charge in [-0.15, -0.1) is 0 Å². The van der Waals surface area contributed by atoms with Crippen LogP contribution in [0, 0.1) is 5.92 Å². The Kier molecular flexibility index (Phi) is 11.3. The van der Waals surface area contributed by atoms with E-state index in [9.17, 15) is 31.1 Å². The maximum absolute atomic E-state index is 12.5. The van der Waals surface area contributed by atoms with Gasteiger partial charge in [0, 0.05) is 30.1 Å². The van der Waals surface area contributed by atoms with Gasteiger partial charge in [-0.25, -0.2) is 29.5 Å². The number of benzene rings is 1. The molecule has 0 aliphatic carbocycles. The fraction of sp³-hybridized carbons (Fsp3) is 0.321. The summed E-state index contributed by atoms with van der Waals surface area (Å²) in [4.78, 5) is 51.0. The molecule has 4 heterocycles. The van der Waals surface area contributed by atoms with Crippen molar-refractivity contribution in [2.24, 2.45) is 5.92 Å². The lowest BCUT2D eigenvalue weighted by Crippen LogP contribution is -2.28. The predicted molar refractivity (Wildman–Crippen MR) is 152 cm³/mol. The van der Waals surface area contributed by atoms with Crippen molar-refractivity contribution in [2.75, 3.05) is 18.9 Å². The molecule has 0 saturated carbocycles. The van der Waals surface area contributed by atoms with Crippen molar-refractivity contribution in [3.63, 3.8) is 0 Å². The van der Waals surface area contributed by atoms with Crippen LogP contribution >= 0.6 is 0 Å². The molecule has 13 nitrogen and oxygen atoms in total. The van der Waals surface area contributed by atoms with Gasteiger partial charge >= 0.3 is 24.3 Å². The number of nitrogens with one attached hydrogen (secondary N) is 2. The Labute approximate surface area is 261 Å². The standard InChI is InChI=1S/C24H25N7O2.2C2HF3O2/c1-13(2)10-28-23(32)14-3-4-20-15(7-14)8-17(12-33-20)21-29-19-9-16(11-27-22(19)31-21)18-5-6-26-24(25)30-18;2*3-2(4,5)1(6)7/h3-7,9,11,13,17H,8,10,12H2,1-2H3,(H,28,32)(H2,25,26,30)(H,27,29,31);2*(H,6,7). The number of carbonyl (C=O) groups is 3. The maximum atomic E-state index is 12.5. The van der Waals surface area contributed by atoms with Crippen molar-refractivity contribution in [1.29, 1.82) is 0 Å². The molecular weight excluding hydrogens is 644 g/mol. The first-order chi connectivity index (χ1) is 21.8. The fourth-order valence-corrected chi connectivity index (χ4v) is 3.90. The second-order valence-electron chi connectivity index (χ2n) is 10.3. The number of anilines is 1. The summed E-state index contributed by atoms with van der Waals surface area (Å²) in [7, 11) is 0. The number of rotatable bonds is 5. The number of alkyl halides is 6. The van der Waals surface area contributed by atoms with Gasteiger partial charge in [-0.1, -0.05) is 13.8 Å². The molecule has 0 radical (unpaired) electrons. The van der Waals surface area contributed by atoms with Crippen molar-refractivity contribution in [3.05, 3.63) is 59.7 Å². The van der Waals surface area contributed by atoms with E-state index >= 15 is 0 Å². The first kappa shape index (κ1) is 36.0. The van der Waals surface area contributed by atoms with E-state index in [1.54, 1.807) is 24.5 Å². The highest BCUT2D eigenvalue weighted by Gasteiger charge is 2.39. The Morgan fingerprint density at radius 1 is 1.02 bits per heavy atom. The van der Waals surface area contributed by atoms with Crippen molar-refractivity contribution < 1.29 is 55.7 Å². The summed E-state index contributed by atoms with van der Waals surface area (Å²) < 4.78 is 69.5. The molecular formula is C28H27F6N7O6. The number of nitrogens with zero attached hydrogens (tertiary/aromatic N) is 4. The number of aromatic amines is 1. The molecule has 0 saturated heterocycles. The molecule has 252 valence electrons. The van der Waals surface area contributed by atoms with Gasteiger partial charge in [0.15, 0.2) is 5.65 Å². The third-order valence-corrected chi connectivity index (χ3v) is 6.10. The highest BCUT2D eigenvalue weighted by molar-refractivity contribution is 5.94. The number of aromatic nitrogens is 5. The van der Waals surface area contributed by atoms with Gasteiger partial charge < -0.3 is 31.0 Å². The average Bonchev–Trinajstić information content (AvgIpc) is 3.42. The highest BCUT2D eigenvalue weighted by atomic mass is 19.4. The van der Waals surface area contributed by atoms with Crippen LogP contribution in [-0.4, -0.2) is 78.5 Å². The van der Waals surface area contributed by atoms with Gasteiger partial charge in [0.2, 0.25) is 5.95 Å². The number of carboxylic acid groups (broad SMARTS) is 2. The zero-order valence-electron chi connectivity index (χ0n) is 24.5. The molecule has 5 rings (SSSR count). The van der Waals surface area contributed by atoms with E-state index in [0.717, 1.165) is 34.6 Å². The SMILES string of the molecule is CC(C)CNC(=O)c1ccc2c(c1)CC(c1nc3ncc(-c4ccnc(N)n4)cc3[nH]1)CO2.O=C(O)C(F)(F)F.O=C(O)C(F)(F)F. The zero-order valence-corrected chi connectivity index (χ0v) is 24.5. The summed E-state index contributed by atoms with van der Waals surface area (Å²) in [6.07, 6.45) is -6.10. The number of imidazole rings is 1. The van der Waals surface area contributed by atoms with E-state index in [4.69, 9.17) is 30.3 Å². The third kappa shape index (κ3) is 10.3. The fourth-order valence-electron chi connectivity index (χ4n) is 3.90. The minimum Gasteiger partial charge on any atom is -0.493 e. The maximum Gasteiger partial charge on any atom is 0.490 e. The summed E-state index contributed by atoms with van der Waals surface area (Å²) >= 11 is 0. The molecule has 0 bridgehead atoms. The van der Waals surface area contributed by atoms with Gasteiger partial charge in [0.1, 0.15) is 11.6 Å². The van der Waals surface area contributed by atoms with Gasteiger partial charge in [-0.2, -0.15) is 26.3 Å². The minimum absolute atomic E-state index is 0.0267. The van der Waals surface area contributed by atoms with Crippen LogP contribution in [0.25, 0.3) is 22.4 Å². The number of fused-ring (bicyclic) bond motifs is 2. The summed E-state index contributed by atoms with van der Waals surface area (Å²) in [5.41, 5.74) is 10.3. The lowest BCUT2D eigenvalue weighted by molar-refractivity contribution is -0.193. The Morgan fingerprint density at radius 3 is 2.23 bits per heavy atom. The number of halogens is 6. The monoisotopic (exact) mass is 671 g/mol. The molecule has 4 aromatic rings. The predicted octanol–water partition coefficient (Wildman–Crippen LogP) is 4.37. The van der Waals surface area contributed by atoms with Crippen molar-refractivity contribution in [3.8, 4) is 17.0 Å². The van der Waals surface area contributed by atoms with Crippen molar-refractivity contribution >= 4 is 35.0 Å². The summed E-state index contributed by atoms with van der Waals surface area (Å²) in [6.45, 7) is 5.28. The Hall–Kier alpha value is -5.49. The number of carbonyl (C=O) groups excluding carboxylic acids is 1. The summed E-state index contributed by atoms with van der Waals surface area (Å²) in [6, 6.07) is 9.33. The van der Waals surface area contributed by atoms with Crippen LogP contribution in [0.3, 0.4) is 0 Å². The van der Waals surface area contributed by atoms with Gasteiger partial charge in [-0.3, -0.25) is 4.79 Å². The number of pyridine rings is 1. The lowest BCUT2D eigenvalue weighted by atomic mass is 9.94. The third-order valence-electron chi connectivity index (χ3n) is 6.10. The van der Waals surface area contributed by atoms with Crippen LogP contribution in [0.5, 0.6) is 5.75 Å². The lowest BCUT2D eigenvalue weighted by Gasteiger charge is -2.24. The molecule has 6 N–H and O–H groups in total. The van der Waals surface area contributed by atoms with Crippen LogP contribution in [0.4, 0.5) is 32.3 Å². The minimum atomic E-state index is -5.08. The van der Waals surface area contributed by atoms with Crippen LogP contribution < -0.4 is 15.8 Å². The molecule has 1 amide bonds. The normalized spacial score (nSPS) is 14.1. The molecule has 1 aliphatic heterocycles. The van der Waals surface area contributed by atoms with E-state index < -0.39 is 24.3 Å². The van der Waals surface area contributed by atoms with Crippen LogP contribution in [0.1, 0.15) is 41.5 Å². The average molecular weight is 672 g/mol. The first-order valence-electron chi connectivity index (χ1n) is 13.4. The number of hydrogen-bond donors (Lipinski definition) is 5. The van der Waals surface area contributed by atoms with Crippen LogP contribution in [0.15, 0.2) is 42.7 Å². The van der Waals surface area contributed by atoms with E-state index in [0.29, 0.717) is 36.0 Å². The first-order valence-corrected chi connectivity index (χ1v) is 13.4. The number of hydrogen-bond acceptors (Lipinski definition) is 9. The number of nitrogen functional groups attached to an aromatic ring is 1. The number of H-pyrrole nitrogens is 1. The summed E-state index contributed by atoms with van der Waals surface area (Å²) in [5.74, 6) is -3.33. The number of aliphatic carboxylic acids is 2. The van der Waals surface area contributed by atoms with E-state index in [1.165, 1.54) is 0 Å². The Morgan fingerprint density at radius 2 is 1.66 bits per heavy atom. The largest absolute Gasteiger partial charge is 0.493 e.